The Morgan fingerprint density at radius 1 is 1.23 bits per heavy atom. The molecule has 1 amide bonds. The van der Waals surface area contributed by atoms with E-state index in [9.17, 15) is 4.79 Å². The number of aromatic nitrogens is 2. The molecule has 0 unspecified atom stereocenters. The molecule has 0 radical (unpaired) electrons. The standard InChI is InChI=1S/C19H20ClN3O3/c1-3-9-26-17-13(20)10-12(11-16(17)25-4-2)18(24)23-19-21-14-7-5-6-8-15(14)22-19/h5-8,10-11H,3-4,9H2,1-2H3,(H2,21,22,23,24). The van der Waals surface area contributed by atoms with Gasteiger partial charge in [0.2, 0.25) is 5.95 Å². The van der Waals surface area contributed by atoms with Crippen molar-refractivity contribution < 1.29 is 14.3 Å². The molecule has 2 N–H and O–H groups in total. The highest BCUT2D eigenvalue weighted by atomic mass is 35.5. The molecule has 3 aromatic rings. The Hall–Kier alpha value is -2.73. The van der Waals surface area contributed by atoms with E-state index in [0.717, 1.165) is 17.5 Å². The van der Waals surface area contributed by atoms with Gasteiger partial charge in [-0.05, 0) is 37.6 Å². The van der Waals surface area contributed by atoms with Crippen LogP contribution in [0.15, 0.2) is 36.4 Å². The van der Waals surface area contributed by atoms with Crippen LogP contribution in [0.5, 0.6) is 11.5 Å². The van der Waals surface area contributed by atoms with Crippen LogP contribution in [0.1, 0.15) is 30.6 Å². The average molecular weight is 374 g/mol. The summed E-state index contributed by atoms with van der Waals surface area (Å²) in [5, 5.41) is 3.08. The summed E-state index contributed by atoms with van der Waals surface area (Å²) in [7, 11) is 0. The third-order valence-electron chi connectivity index (χ3n) is 3.64. The Balaban J connectivity index is 1.86. The summed E-state index contributed by atoms with van der Waals surface area (Å²) in [4.78, 5) is 20.0. The Morgan fingerprint density at radius 3 is 2.77 bits per heavy atom. The number of anilines is 1. The largest absolute Gasteiger partial charge is 0.490 e. The quantitative estimate of drug-likeness (QED) is 0.631. The van der Waals surface area contributed by atoms with E-state index in [-0.39, 0.29) is 5.91 Å². The molecule has 7 heteroatoms. The fraction of sp³-hybridized carbons (Fsp3) is 0.263. The molecule has 136 valence electrons. The van der Waals surface area contributed by atoms with E-state index in [1.807, 2.05) is 38.1 Å². The van der Waals surface area contributed by atoms with E-state index < -0.39 is 0 Å². The second kappa shape index (κ2) is 8.10. The normalized spacial score (nSPS) is 10.7. The predicted octanol–water partition coefficient (Wildman–Crippen LogP) is 4.66. The summed E-state index contributed by atoms with van der Waals surface area (Å²) in [6.45, 7) is 4.82. The van der Waals surface area contributed by atoms with Crippen molar-refractivity contribution in [3.05, 3.63) is 47.0 Å². The van der Waals surface area contributed by atoms with Crippen molar-refractivity contribution in [2.24, 2.45) is 0 Å². The summed E-state index contributed by atoms with van der Waals surface area (Å²) in [5.41, 5.74) is 1.99. The van der Waals surface area contributed by atoms with E-state index in [1.165, 1.54) is 0 Å². The number of carbonyl (C=O) groups is 1. The first-order valence-electron chi connectivity index (χ1n) is 8.47. The number of ether oxygens (including phenoxy) is 2. The summed E-state index contributed by atoms with van der Waals surface area (Å²) in [5.74, 6) is 0.935. The maximum atomic E-state index is 12.6. The Bertz CT molecular complexity index is 891. The molecule has 3 rings (SSSR count). The smallest absolute Gasteiger partial charge is 0.258 e. The van der Waals surface area contributed by atoms with Gasteiger partial charge in [0.05, 0.1) is 29.3 Å². The number of nitrogens with one attached hydrogen (secondary N) is 2. The maximum Gasteiger partial charge on any atom is 0.258 e. The maximum absolute atomic E-state index is 12.6. The number of benzene rings is 2. The van der Waals surface area contributed by atoms with Crippen LogP contribution in [0.3, 0.4) is 0 Å². The third-order valence-corrected chi connectivity index (χ3v) is 3.92. The molecule has 0 aliphatic heterocycles. The Labute approximate surface area is 156 Å². The van der Waals surface area contributed by atoms with Gasteiger partial charge >= 0.3 is 0 Å². The minimum Gasteiger partial charge on any atom is -0.490 e. The molecule has 6 nitrogen and oxygen atoms in total. The number of para-hydroxylation sites is 2. The van der Waals surface area contributed by atoms with E-state index in [1.54, 1.807) is 12.1 Å². The number of halogens is 1. The van der Waals surface area contributed by atoms with Gasteiger partial charge in [-0.3, -0.25) is 10.1 Å². The minimum atomic E-state index is -0.339. The van der Waals surface area contributed by atoms with Crippen LogP contribution in [0.2, 0.25) is 5.02 Å². The fourth-order valence-electron chi connectivity index (χ4n) is 2.50. The number of amides is 1. The van der Waals surface area contributed by atoms with Gasteiger partial charge in [0.15, 0.2) is 11.5 Å². The van der Waals surface area contributed by atoms with Crippen molar-refractivity contribution in [2.75, 3.05) is 18.5 Å². The van der Waals surface area contributed by atoms with Crippen molar-refractivity contribution >= 4 is 34.5 Å². The van der Waals surface area contributed by atoms with Gasteiger partial charge in [-0.2, -0.15) is 0 Å². The zero-order valence-electron chi connectivity index (χ0n) is 14.6. The number of aromatic amines is 1. The van der Waals surface area contributed by atoms with E-state index in [4.69, 9.17) is 21.1 Å². The van der Waals surface area contributed by atoms with Crippen LogP contribution in [0, 0.1) is 0 Å². The number of H-pyrrole nitrogens is 1. The number of nitrogens with zero attached hydrogens (tertiary/aromatic N) is 1. The van der Waals surface area contributed by atoms with Crippen LogP contribution < -0.4 is 14.8 Å². The van der Waals surface area contributed by atoms with Crippen LogP contribution >= 0.6 is 11.6 Å². The molecular weight excluding hydrogens is 354 g/mol. The van der Waals surface area contributed by atoms with Gasteiger partial charge in [0.1, 0.15) is 0 Å². The number of hydrogen-bond acceptors (Lipinski definition) is 4. The molecule has 0 aliphatic carbocycles. The second-order valence-corrected chi connectivity index (χ2v) is 6.03. The Morgan fingerprint density at radius 2 is 2.04 bits per heavy atom. The molecule has 0 bridgehead atoms. The van der Waals surface area contributed by atoms with Gasteiger partial charge in [-0.15, -0.1) is 0 Å². The van der Waals surface area contributed by atoms with Crippen LogP contribution in [0.25, 0.3) is 11.0 Å². The molecule has 0 aliphatic rings. The van der Waals surface area contributed by atoms with Crippen molar-refractivity contribution in [1.29, 1.82) is 0 Å². The number of carbonyl (C=O) groups excluding carboxylic acids is 1. The average Bonchev–Trinajstić information content (AvgIpc) is 3.03. The van der Waals surface area contributed by atoms with Crippen molar-refractivity contribution in [3.8, 4) is 11.5 Å². The fourth-order valence-corrected chi connectivity index (χ4v) is 2.76. The monoisotopic (exact) mass is 373 g/mol. The number of hydrogen-bond donors (Lipinski definition) is 2. The highest BCUT2D eigenvalue weighted by Gasteiger charge is 2.17. The van der Waals surface area contributed by atoms with Crippen LogP contribution in [-0.4, -0.2) is 29.1 Å². The summed E-state index contributed by atoms with van der Waals surface area (Å²) < 4.78 is 11.2. The minimum absolute atomic E-state index is 0.333. The molecule has 0 saturated heterocycles. The highest BCUT2D eigenvalue weighted by Crippen LogP contribution is 2.37. The van der Waals surface area contributed by atoms with Crippen molar-refractivity contribution in [3.63, 3.8) is 0 Å². The SMILES string of the molecule is CCCOc1c(Cl)cc(C(=O)Nc2nc3ccccc3[nH]2)cc1OCC. The zero-order valence-corrected chi connectivity index (χ0v) is 15.4. The number of fused-ring (bicyclic) bond motifs is 1. The first kappa shape index (κ1) is 18.1. The van der Waals surface area contributed by atoms with Gasteiger partial charge in [-0.1, -0.05) is 30.7 Å². The third kappa shape index (κ3) is 3.91. The number of rotatable bonds is 7. The lowest BCUT2D eigenvalue weighted by molar-refractivity contribution is 0.102. The van der Waals surface area contributed by atoms with Crippen molar-refractivity contribution in [2.45, 2.75) is 20.3 Å². The molecule has 2 aromatic carbocycles. The lowest BCUT2D eigenvalue weighted by atomic mass is 10.2. The van der Waals surface area contributed by atoms with Gasteiger partial charge in [0.25, 0.3) is 5.91 Å². The van der Waals surface area contributed by atoms with Gasteiger partial charge in [-0.25, -0.2) is 4.98 Å². The first-order valence-corrected chi connectivity index (χ1v) is 8.85. The molecule has 0 spiro atoms. The molecule has 0 fully saturated rings. The summed E-state index contributed by atoms with van der Waals surface area (Å²) >= 11 is 6.31. The van der Waals surface area contributed by atoms with E-state index >= 15 is 0 Å². The van der Waals surface area contributed by atoms with Gasteiger partial charge in [0, 0.05) is 5.56 Å². The lowest BCUT2D eigenvalue weighted by Crippen LogP contribution is -2.13. The Kier molecular flexibility index (Phi) is 5.63. The van der Waals surface area contributed by atoms with Crippen LogP contribution in [0.4, 0.5) is 5.95 Å². The number of imidazole rings is 1. The second-order valence-electron chi connectivity index (χ2n) is 5.62. The predicted molar refractivity (Wildman–Crippen MR) is 102 cm³/mol. The molecular formula is C19H20ClN3O3. The van der Waals surface area contributed by atoms with Crippen LogP contribution in [-0.2, 0) is 0 Å². The summed E-state index contributed by atoms with van der Waals surface area (Å²) in [6.07, 6.45) is 0.843. The molecule has 0 atom stereocenters. The molecule has 0 saturated carbocycles. The first-order chi connectivity index (χ1) is 12.6. The topological polar surface area (TPSA) is 76.2 Å². The van der Waals surface area contributed by atoms with E-state index in [0.29, 0.717) is 41.2 Å². The van der Waals surface area contributed by atoms with Crippen molar-refractivity contribution in [1.82, 2.24) is 9.97 Å². The lowest BCUT2D eigenvalue weighted by Gasteiger charge is -2.14. The molecule has 1 heterocycles. The molecule has 1 aromatic heterocycles. The zero-order chi connectivity index (χ0) is 18.5. The highest BCUT2D eigenvalue weighted by molar-refractivity contribution is 6.32. The van der Waals surface area contributed by atoms with E-state index in [2.05, 4.69) is 15.3 Å². The summed E-state index contributed by atoms with van der Waals surface area (Å²) in [6, 6.07) is 10.7. The van der Waals surface area contributed by atoms with Gasteiger partial charge < -0.3 is 14.5 Å². The molecule has 26 heavy (non-hydrogen) atoms.